The van der Waals surface area contributed by atoms with Gasteiger partial charge in [-0.15, -0.1) is 0 Å². The van der Waals surface area contributed by atoms with Crippen LogP contribution in [0.5, 0.6) is 0 Å². The van der Waals surface area contributed by atoms with Crippen LogP contribution in [-0.4, -0.2) is 18.5 Å². The topological polar surface area (TPSA) is 42.4 Å². The fourth-order valence-corrected chi connectivity index (χ4v) is 2.36. The molecule has 0 aliphatic heterocycles. The van der Waals surface area contributed by atoms with E-state index >= 15 is 0 Å². The van der Waals surface area contributed by atoms with Gasteiger partial charge < -0.3 is 10.2 Å². The Morgan fingerprint density at radius 2 is 2.16 bits per heavy atom. The summed E-state index contributed by atoms with van der Waals surface area (Å²) in [7, 11) is 2.05. The number of rotatable bonds is 5. The van der Waals surface area contributed by atoms with Crippen LogP contribution >= 0.6 is 11.6 Å². The Hall–Kier alpha value is -1.29. The molecule has 1 aromatic carbocycles. The molecule has 102 valence electrons. The van der Waals surface area contributed by atoms with Crippen molar-refractivity contribution in [3.05, 3.63) is 58.5 Å². The van der Waals surface area contributed by atoms with E-state index in [1.165, 1.54) is 0 Å². The lowest BCUT2D eigenvalue weighted by atomic mass is 10.0. The van der Waals surface area contributed by atoms with Crippen molar-refractivity contribution in [1.29, 1.82) is 0 Å². The molecular weight excluding hydrogens is 260 g/mol. The molecule has 0 amide bonds. The quantitative estimate of drug-likeness (QED) is 0.912. The van der Waals surface area contributed by atoms with E-state index in [0.29, 0.717) is 6.54 Å². The second kappa shape index (κ2) is 6.24. The summed E-state index contributed by atoms with van der Waals surface area (Å²) in [6.07, 6.45) is 3.44. The van der Waals surface area contributed by atoms with Crippen LogP contribution in [0.15, 0.2) is 41.2 Å². The number of hydrogen-bond acceptors (Lipinski definition) is 3. The maximum Gasteiger partial charge on any atom is 0.0947 e. The molecule has 1 unspecified atom stereocenters. The molecule has 1 heterocycles. The fraction of sp³-hybridized carbons (Fsp3) is 0.333. The molecule has 0 fully saturated rings. The summed E-state index contributed by atoms with van der Waals surface area (Å²) in [6, 6.07) is 8.23. The summed E-state index contributed by atoms with van der Waals surface area (Å²) in [5.74, 6) is 0. The van der Waals surface area contributed by atoms with Gasteiger partial charge >= 0.3 is 0 Å². The zero-order valence-corrected chi connectivity index (χ0v) is 12.0. The standard InChI is InChI=1S/C15H19ClN2O/c1-11-3-4-13(7-14(11)16)15(8-17)18(2)9-12-5-6-19-10-12/h3-7,10,15H,8-9,17H2,1-2H3. The van der Waals surface area contributed by atoms with Crippen LogP contribution in [0, 0.1) is 6.92 Å². The second-order valence-electron chi connectivity index (χ2n) is 4.81. The highest BCUT2D eigenvalue weighted by molar-refractivity contribution is 6.31. The van der Waals surface area contributed by atoms with Gasteiger partial charge in [0.25, 0.3) is 0 Å². The Kier molecular flexibility index (Phi) is 4.64. The van der Waals surface area contributed by atoms with E-state index in [9.17, 15) is 0 Å². The van der Waals surface area contributed by atoms with Crippen molar-refractivity contribution in [2.24, 2.45) is 5.73 Å². The minimum Gasteiger partial charge on any atom is -0.472 e. The smallest absolute Gasteiger partial charge is 0.0947 e. The number of aryl methyl sites for hydroxylation is 1. The maximum atomic E-state index is 6.19. The molecule has 0 saturated carbocycles. The second-order valence-corrected chi connectivity index (χ2v) is 5.21. The van der Waals surface area contributed by atoms with E-state index in [0.717, 1.165) is 28.3 Å². The summed E-state index contributed by atoms with van der Waals surface area (Å²) in [4.78, 5) is 2.20. The highest BCUT2D eigenvalue weighted by Gasteiger charge is 2.16. The van der Waals surface area contributed by atoms with Crippen LogP contribution in [0.2, 0.25) is 5.02 Å². The molecule has 19 heavy (non-hydrogen) atoms. The first-order chi connectivity index (χ1) is 9.11. The van der Waals surface area contributed by atoms with Gasteiger partial charge in [-0.1, -0.05) is 23.7 Å². The van der Waals surface area contributed by atoms with Crippen LogP contribution in [-0.2, 0) is 6.54 Å². The van der Waals surface area contributed by atoms with Crippen LogP contribution in [0.1, 0.15) is 22.7 Å². The normalized spacial score (nSPS) is 12.9. The minimum atomic E-state index is 0.146. The van der Waals surface area contributed by atoms with E-state index in [-0.39, 0.29) is 6.04 Å². The van der Waals surface area contributed by atoms with Gasteiger partial charge in [0.05, 0.1) is 12.5 Å². The number of furan rings is 1. The molecule has 4 heteroatoms. The third kappa shape index (κ3) is 3.38. The molecule has 0 aliphatic rings. The summed E-state index contributed by atoms with van der Waals surface area (Å²) in [5, 5.41) is 0.785. The Morgan fingerprint density at radius 3 is 2.74 bits per heavy atom. The first kappa shape index (κ1) is 14.1. The average Bonchev–Trinajstić information content (AvgIpc) is 2.87. The van der Waals surface area contributed by atoms with E-state index in [1.807, 2.05) is 25.1 Å². The highest BCUT2D eigenvalue weighted by atomic mass is 35.5. The van der Waals surface area contributed by atoms with Gasteiger partial charge in [0.1, 0.15) is 0 Å². The number of nitrogens with zero attached hydrogens (tertiary/aromatic N) is 1. The molecule has 1 atom stereocenters. The van der Waals surface area contributed by atoms with Gasteiger partial charge in [-0.2, -0.15) is 0 Å². The van der Waals surface area contributed by atoms with Gasteiger partial charge in [0.2, 0.25) is 0 Å². The Morgan fingerprint density at radius 1 is 1.37 bits per heavy atom. The molecule has 3 nitrogen and oxygen atoms in total. The SMILES string of the molecule is Cc1ccc(C(CN)N(C)Cc2ccoc2)cc1Cl. The number of likely N-dealkylation sites (N-methyl/N-ethyl adjacent to an activating group) is 1. The number of nitrogens with two attached hydrogens (primary N) is 1. The molecule has 0 saturated heterocycles. The van der Waals surface area contributed by atoms with Crippen LogP contribution in [0.25, 0.3) is 0 Å². The van der Waals surface area contributed by atoms with Crippen molar-refractivity contribution >= 4 is 11.6 Å². The summed E-state index contributed by atoms with van der Waals surface area (Å²) >= 11 is 6.19. The third-order valence-corrected chi connectivity index (χ3v) is 3.76. The number of halogens is 1. The van der Waals surface area contributed by atoms with Crippen LogP contribution in [0.4, 0.5) is 0 Å². The predicted molar refractivity (Wildman–Crippen MR) is 78.2 cm³/mol. The molecule has 0 bridgehead atoms. The van der Waals surface area contributed by atoms with Crippen molar-refractivity contribution in [2.75, 3.05) is 13.6 Å². The Balaban J connectivity index is 2.16. The lowest BCUT2D eigenvalue weighted by Crippen LogP contribution is -2.30. The molecule has 0 aliphatic carbocycles. The average molecular weight is 279 g/mol. The van der Waals surface area contributed by atoms with Crippen LogP contribution in [0.3, 0.4) is 0 Å². The predicted octanol–water partition coefficient (Wildman–Crippen LogP) is 3.37. The zero-order chi connectivity index (χ0) is 13.8. The fourth-order valence-electron chi connectivity index (χ4n) is 2.17. The number of hydrogen-bond donors (Lipinski definition) is 1. The molecular formula is C15H19ClN2O. The number of benzene rings is 1. The van der Waals surface area contributed by atoms with Crippen molar-refractivity contribution in [1.82, 2.24) is 4.90 Å². The molecule has 0 radical (unpaired) electrons. The first-order valence-corrected chi connectivity index (χ1v) is 6.67. The van der Waals surface area contributed by atoms with Crippen molar-refractivity contribution < 1.29 is 4.42 Å². The maximum absolute atomic E-state index is 6.19. The van der Waals surface area contributed by atoms with E-state index in [2.05, 4.69) is 18.0 Å². The lowest BCUT2D eigenvalue weighted by molar-refractivity contribution is 0.241. The van der Waals surface area contributed by atoms with Gasteiger partial charge in [-0.05, 0) is 37.2 Å². The van der Waals surface area contributed by atoms with Crippen molar-refractivity contribution in [3.63, 3.8) is 0 Å². The molecule has 1 aromatic heterocycles. The summed E-state index contributed by atoms with van der Waals surface area (Å²) in [6.45, 7) is 3.34. The lowest BCUT2D eigenvalue weighted by Gasteiger charge is -2.27. The van der Waals surface area contributed by atoms with Gasteiger partial charge in [0, 0.05) is 29.7 Å². The highest BCUT2D eigenvalue weighted by Crippen LogP contribution is 2.25. The summed E-state index contributed by atoms with van der Waals surface area (Å²) in [5.41, 5.74) is 9.28. The molecule has 2 rings (SSSR count). The Bertz CT molecular complexity index is 525. The third-order valence-electron chi connectivity index (χ3n) is 3.35. The van der Waals surface area contributed by atoms with Gasteiger partial charge in [-0.25, -0.2) is 0 Å². The van der Waals surface area contributed by atoms with Crippen molar-refractivity contribution in [3.8, 4) is 0 Å². The molecule has 2 N–H and O–H groups in total. The largest absolute Gasteiger partial charge is 0.472 e. The Labute approximate surface area is 119 Å². The van der Waals surface area contributed by atoms with Crippen LogP contribution < -0.4 is 5.73 Å². The van der Waals surface area contributed by atoms with Gasteiger partial charge in [0.15, 0.2) is 0 Å². The molecule has 0 spiro atoms. The summed E-state index contributed by atoms with van der Waals surface area (Å²) < 4.78 is 5.09. The van der Waals surface area contributed by atoms with E-state index in [4.69, 9.17) is 21.8 Å². The molecule has 2 aromatic rings. The van der Waals surface area contributed by atoms with E-state index < -0.39 is 0 Å². The minimum absolute atomic E-state index is 0.146. The van der Waals surface area contributed by atoms with Gasteiger partial charge in [-0.3, -0.25) is 4.90 Å². The first-order valence-electron chi connectivity index (χ1n) is 6.29. The van der Waals surface area contributed by atoms with Crippen molar-refractivity contribution in [2.45, 2.75) is 19.5 Å². The monoisotopic (exact) mass is 278 g/mol. The van der Waals surface area contributed by atoms with E-state index in [1.54, 1.807) is 12.5 Å². The zero-order valence-electron chi connectivity index (χ0n) is 11.3.